The summed E-state index contributed by atoms with van der Waals surface area (Å²) in [5.74, 6) is 1.36. The summed E-state index contributed by atoms with van der Waals surface area (Å²) in [7, 11) is 1.62. The second-order valence-corrected chi connectivity index (χ2v) is 7.34. The number of halogens is 3. The molecule has 2 aromatic rings. The molecule has 1 atom stereocenters. The summed E-state index contributed by atoms with van der Waals surface area (Å²) in [6.07, 6.45) is 3.61. The van der Waals surface area contributed by atoms with Crippen LogP contribution >= 0.6 is 34.8 Å². The van der Waals surface area contributed by atoms with Crippen molar-refractivity contribution in [3.05, 3.63) is 41.5 Å². The molecule has 0 aliphatic rings. The first-order valence-corrected chi connectivity index (χ1v) is 8.14. The molecule has 21 heavy (non-hydrogen) atoms. The van der Waals surface area contributed by atoms with Crippen LogP contribution in [0, 0.1) is 0 Å². The Labute approximate surface area is 146 Å². The molecule has 0 fully saturated rings. The van der Waals surface area contributed by atoms with Gasteiger partial charge < -0.3 is 0 Å². The van der Waals surface area contributed by atoms with Gasteiger partial charge in [0.05, 0.1) is 0 Å². The fraction of sp³-hybridized carbons (Fsp3) is 0.154. The molecule has 0 bridgehead atoms. The van der Waals surface area contributed by atoms with E-state index < -0.39 is 3.79 Å². The molecule has 4 nitrogen and oxygen atoms in total. The second-order valence-electron chi connectivity index (χ2n) is 3.98. The summed E-state index contributed by atoms with van der Waals surface area (Å²) in [5.41, 5.74) is 0.981. The zero-order valence-corrected chi connectivity index (χ0v) is 15.6. The van der Waals surface area contributed by atoms with Crippen LogP contribution in [0.2, 0.25) is 0 Å². The molecule has 0 N–H and O–H groups in total. The number of hydrogen-bond acceptors (Lipinski definition) is 4. The van der Waals surface area contributed by atoms with Crippen LogP contribution in [-0.2, 0) is 3.79 Å². The molecule has 0 amide bonds. The van der Waals surface area contributed by atoms with Crippen molar-refractivity contribution in [2.75, 3.05) is 7.11 Å². The minimum absolute atomic E-state index is 0.122. The van der Waals surface area contributed by atoms with Crippen molar-refractivity contribution in [2.45, 2.75) is 3.79 Å². The standard InChI is InChI=1S/C13H11AsCl3N3O/c1-21-9-5-2-8(3-6-9)4-7-10-18-11(13(15,16)17)20-12(14)19-10/h2-7H,14H2,1H3/b7-4+. The normalized spacial score (nSPS) is 11.9. The minimum atomic E-state index is -1.66. The van der Waals surface area contributed by atoms with Gasteiger partial charge in [-0.15, -0.1) is 0 Å². The Bertz CT molecular complexity index is 657. The molecule has 1 unspecified atom stereocenters. The first kappa shape index (κ1) is 16.6. The second kappa shape index (κ2) is 6.97. The van der Waals surface area contributed by atoms with E-state index in [9.17, 15) is 0 Å². The number of alkyl halides is 3. The van der Waals surface area contributed by atoms with Crippen LogP contribution in [0.4, 0.5) is 0 Å². The Hall–Kier alpha value is -0.802. The molecule has 0 radical (unpaired) electrons. The Kier molecular flexibility index (Phi) is 5.50. The summed E-state index contributed by atoms with van der Waals surface area (Å²) < 4.78 is 3.99. The topological polar surface area (TPSA) is 47.9 Å². The molecule has 0 saturated carbocycles. The maximum absolute atomic E-state index is 5.80. The van der Waals surface area contributed by atoms with Crippen molar-refractivity contribution in [3.63, 3.8) is 0 Å². The van der Waals surface area contributed by atoms with Crippen LogP contribution in [0.25, 0.3) is 12.2 Å². The van der Waals surface area contributed by atoms with Gasteiger partial charge in [0.25, 0.3) is 0 Å². The van der Waals surface area contributed by atoms with E-state index in [1.165, 1.54) is 16.9 Å². The third-order valence-electron chi connectivity index (χ3n) is 2.46. The number of rotatable bonds is 3. The predicted octanol–water partition coefficient (Wildman–Crippen LogP) is 2.14. The van der Waals surface area contributed by atoms with E-state index in [0.717, 1.165) is 11.3 Å². The van der Waals surface area contributed by atoms with Crippen molar-refractivity contribution in [3.8, 4) is 5.75 Å². The first-order valence-electron chi connectivity index (χ1n) is 5.79. The van der Waals surface area contributed by atoms with E-state index in [1.807, 2.05) is 30.3 Å². The van der Waals surface area contributed by atoms with E-state index >= 15 is 0 Å². The molecular weight excluding hydrogens is 395 g/mol. The van der Waals surface area contributed by atoms with Gasteiger partial charge in [-0.1, -0.05) is 0 Å². The van der Waals surface area contributed by atoms with Crippen LogP contribution < -0.4 is 9.35 Å². The van der Waals surface area contributed by atoms with Crippen molar-refractivity contribution in [1.82, 2.24) is 15.0 Å². The average Bonchev–Trinajstić information content (AvgIpc) is 2.44. The zero-order valence-electron chi connectivity index (χ0n) is 10.9. The molecule has 1 aromatic carbocycles. The number of ether oxygens (including phenoxy) is 1. The number of benzene rings is 1. The van der Waals surface area contributed by atoms with E-state index in [0.29, 0.717) is 10.4 Å². The summed E-state index contributed by atoms with van der Waals surface area (Å²) >= 11 is 18.6. The number of aromatic nitrogens is 3. The zero-order chi connectivity index (χ0) is 15.5. The first-order chi connectivity index (χ1) is 9.88. The fourth-order valence-electron chi connectivity index (χ4n) is 1.50. The average molecular weight is 407 g/mol. The Balaban J connectivity index is 2.25. The SMILES string of the molecule is COc1ccc(/C=C/c2nc([AsH2])nc(C(Cl)(Cl)Cl)n2)cc1. The summed E-state index contributed by atoms with van der Waals surface area (Å²) in [5, 5.41) is 0. The van der Waals surface area contributed by atoms with Crippen LogP contribution in [0.5, 0.6) is 5.75 Å². The van der Waals surface area contributed by atoms with Crippen molar-refractivity contribution in [1.29, 1.82) is 0 Å². The molecule has 0 aliphatic carbocycles. The number of hydrogen-bond donors (Lipinski definition) is 0. The summed E-state index contributed by atoms with van der Waals surface area (Å²) in [6, 6.07) is 7.58. The molecule has 0 saturated heterocycles. The fourth-order valence-corrected chi connectivity index (χ4v) is 2.28. The van der Waals surface area contributed by atoms with Gasteiger partial charge in [0.15, 0.2) is 0 Å². The third kappa shape index (κ3) is 4.86. The monoisotopic (exact) mass is 405 g/mol. The number of nitrogens with zero attached hydrogens (tertiary/aromatic N) is 3. The van der Waals surface area contributed by atoms with E-state index in [-0.39, 0.29) is 5.82 Å². The maximum atomic E-state index is 5.80. The van der Waals surface area contributed by atoms with Gasteiger partial charge in [-0.3, -0.25) is 0 Å². The van der Waals surface area contributed by atoms with Gasteiger partial charge in [-0.2, -0.15) is 0 Å². The molecule has 2 rings (SSSR count). The van der Waals surface area contributed by atoms with Gasteiger partial charge in [0.2, 0.25) is 0 Å². The van der Waals surface area contributed by atoms with Gasteiger partial charge in [0, 0.05) is 0 Å². The van der Waals surface area contributed by atoms with Crippen LogP contribution in [0.1, 0.15) is 17.2 Å². The molecule has 110 valence electrons. The molecular formula is C13H11AsCl3N3O. The van der Waals surface area contributed by atoms with Gasteiger partial charge in [-0.05, 0) is 0 Å². The third-order valence-corrected chi connectivity index (χ3v) is 3.51. The summed E-state index contributed by atoms with van der Waals surface area (Å²) in [6.45, 7) is 0. The van der Waals surface area contributed by atoms with Gasteiger partial charge in [0.1, 0.15) is 0 Å². The van der Waals surface area contributed by atoms with Gasteiger partial charge >= 0.3 is 146 Å². The molecule has 0 aliphatic heterocycles. The predicted molar refractivity (Wildman–Crippen MR) is 89.2 cm³/mol. The van der Waals surface area contributed by atoms with E-state index in [2.05, 4.69) is 15.0 Å². The Morgan fingerprint density at radius 2 is 1.71 bits per heavy atom. The van der Waals surface area contributed by atoms with Crippen LogP contribution in [0.3, 0.4) is 0 Å². The van der Waals surface area contributed by atoms with Crippen molar-refractivity contribution >= 4 is 68.4 Å². The Morgan fingerprint density at radius 3 is 2.29 bits per heavy atom. The quantitative estimate of drug-likeness (QED) is 0.579. The van der Waals surface area contributed by atoms with Crippen LogP contribution in [0.15, 0.2) is 24.3 Å². The molecule has 8 heteroatoms. The van der Waals surface area contributed by atoms with E-state index in [1.54, 1.807) is 13.2 Å². The molecule has 1 heterocycles. The van der Waals surface area contributed by atoms with E-state index in [4.69, 9.17) is 39.5 Å². The Morgan fingerprint density at radius 1 is 1.05 bits per heavy atom. The van der Waals surface area contributed by atoms with Crippen LogP contribution in [-0.4, -0.2) is 38.9 Å². The van der Waals surface area contributed by atoms with Crippen molar-refractivity contribution in [2.24, 2.45) is 0 Å². The summed E-state index contributed by atoms with van der Waals surface area (Å²) in [4.78, 5) is 12.4. The van der Waals surface area contributed by atoms with Crippen molar-refractivity contribution < 1.29 is 4.74 Å². The van der Waals surface area contributed by atoms with Gasteiger partial charge in [-0.25, -0.2) is 0 Å². The molecule has 1 aromatic heterocycles. The number of methoxy groups -OCH3 is 1. The molecule has 0 spiro atoms.